The van der Waals surface area contributed by atoms with E-state index in [0.29, 0.717) is 0 Å². The Hall–Kier alpha value is -1.34. The van der Waals surface area contributed by atoms with Crippen molar-refractivity contribution < 1.29 is 19.8 Å². The quantitative estimate of drug-likeness (QED) is 0.528. The molecular weight excluding hydrogens is 250 g/mol. The Morgan fingerprint density at radius 3 is 2.84 bits per heavy atom. The number of likely N-dealkylation sites (tertiary alicyclic amines) is 1. The van der Waals surface area contributed by atoms with Gasteiger partial charge in [-0.05, 0) is 25.9 Å². The van der Waals surface area contributed by atoms with E-state index >= 15 is 0 Å². The van der Waals surface area contributed by atoms with E-state index in [1.54, 1.807) is 0 Å². The smallest absolute Gasteiger partial charge is 0.332 e. The van der Waals surface area contributed by atoms with E-state index < -0.39 is 12.1 Å². The molecule has 19 heavy (non-hydrogen) atoms. The van der Waals surface area contributed by atoms with Crippen LogP contribution >= 0.6 is 0 Å². The third kappa shape index (κ3) is 5.89. The van der Waals surface area contributed by atoms with E-state index in [-0.39, 0.29) is 25.0 Å². The van der Waals surface area contributed by atoms with Gasteiger partial charge in [0.1, 0.15) is 0 Å². The number of carboxylic acids is 1. The number of carbonyl (C=O) groups excluding carboxylic acids is 1. The molecule has 0 bridgehead atoms. The third-order valence-electron chi connectivity index (χ3n) is 3.28. The lowest BCUT2D eigenvalue weighted by Gasteiger charge is -2.32. The van der Waals surface area contributed by atoms with Crippen molar-refractivity contribution in [3.8, 4) is 0 Å². The number of likely N-dealkylation sites (N-methyl/N-ethyl adjacent to an activating group) is 1. The second-order valence-electron chi connectivity index (χ2n) is 4.78. The fourth-order valence-electron chi connectivity index (χ4n) is 2.14. The molecule has 1 fully saturated rings. The van der Waals surface area contributed by atoms with Gasteiger partial charge in [0.2, 0.25) is 0 Å². The number of piperidine rings is 1. The van der Waals surface area contributed by atoms with Gasteiger partial charge in [-0.25, -0.2) is 9.59 Å². The molecule has 0 aliphatic carbocycles. The van der Waals surface area contributed by atoms with Crippen LogP contribution in [0.15, 0.2) is 0 Å². The van der Waals surface area contributed by atoms with Crippen LogP contribution in [0.4, 0.5) is 4.79 Å². The number of nitrogens with one attached hydrogen (secondary N) is 2. The van der Waals surface area contributed by atoms with Crippen molar-refractivity contribution in [1.82, 2.24) is 15.5 Å². The molecule has 1 aliphatic rings. The van der Waals surface area contributed by atoms with Crippen LogP contribution < -0.4 is 10.6 Å². The summed E-state index contributed by atoms with van der Waals surface area (Å²) < 4.78 is 0. The predicted molar refractivity (Wildman–Crippen MR) is 69.9 cm³/mol. The summed E-state index contributed by atoms with van der Waals surface area (Å²) in [7, 11) is 0. The largest absolute Gasteiger partial charge is 0.479 e. The van der Waals surface area contributed by atoms with E-state index in [9.17, 15) is 9.59 Å². The van der Waals surface area contributed by atoms with Gasteiger partial charge in [0.15, 0.2) is 6.10 Å². The van der Waals surface area contributed by atoms with Gasteiger partial charge in [-0.2, -0.15) is 0 Å². The minimum Gasteiger partial charge on any atom is -0.479 e. The van der Waals surface area contributed by atoms with Crippen molar-refractivity contribution >= 4 is 12.0 Å². The maximum atomic E-state index is 11.6. The Morgan fingerprint density at radius 1 is 1.47 bits per heavy atom. The molecule has 2 amide bonds. The Morgan fingerprint density at radius 2 is 2.21 bits per heavy atom. The highest BCUT2D eigenvalue weighted by atomic mass is 16.4. The molecule has 7 heteroatoms. The van der Waals surface area contributed by atoms with Gasteiger partial charge in [0.25, 0.3) is 0 Å². The number of rotatable bonds is 6. The number of carboxylic acid groups (broad SMARTS) is 1. The molecule has 0 spiro atoms. The molecule has 0 aromatic carbocycles. The van der Waals surface area contributed by atoms with Gasteiger partial charge in [0, 0.05) is 25.6 Å². The number of amides is 2. The first-order valence-corrected chi connectivity index (χ1v) is 6.70. The number of carbonyl (C=O) groups is 2. The summed E-state index contributed by atoms with van der Waals surface area (Å²) in [5.41, 5.74) is 0. The normalized spacial score (nSPS) is 21.7. The molecule has 7 nitrogen and oxygen atoms in total. The maximum Gasteiger partial charge on any atom is 0.332 e. The first-order chi connectivity index (χ1) is 9.02. The van der Waals surface area contributed by atoms with Crippen molar-refractivity contribution in [3.05, 3.63) is 0 Å². The summed E-state index contributed by atoms with van der Waals surface area (Å²) in [5, 5.41) is 23.0. The highest BCUT2D eigenvalue weighted by Gasteiger charge is 2.20. The second-order valence-corrected chi connectivity index (χ2v) is 4.78. The van der Waals surface area contributed by atoms with Crippen LogP contribution in [-0.4, -0.2) is 65.4 Å². The fraction of sp³-hybridized carbons (Fsp3) is 0.833. The molecule has 1 saturated heterocycles. The monoisotopic (exact) mass is 273 g/mol. The van der Waals surface area contributed by atoms with Gasteiger partial charge in [-0.3, -0.25) is 0 Å². The molecule has 2 unspecified atom stereocenters. The molecule has 1 aliphatic heterocycles. The summed E-state index contributed by atoms with van der Waals surface area (Å²) in [6.07, 6.45) is 0.609. The lowest BCUT2D eigenvalue weighted by molar-refractivity contribution is -0.146. The topological polar surface area (TPSA) is 102 Å². The molecule has 110 valence electrons. The molecule has 0 saturated carbocycles. The van der Waals surface area contributed by atoms with Crippen molar-refractivity contribution in [2.75, 3.05) is 26.2 Å². The van der Waals surface area contributed by atoms with Crippen LogP contribution in [0, 0.1) is 0 Å². The number of hydrogen-bond acceptors (Lipinski definition) is 4. The summed E-state index contributed by atoms with van der Waals surface area (Å²) >= 11 is 0. The SMILES string of the molecule is CCN1CCCC(NC(=O)NCCC(O)C(=O)O)C1. The van der Waals surface area contributed by atoms with Gasteiger partial charge >= 0.3 is 12.0 Å². The summed E-state index contributed by atoms with van der Waals surface area (Å²) in [6, 6.07) is -0.168. The number of aliphatic hydroxyl groups is 1. The second kappa shape index (κ2) is 7.96. The van der Waals surface area contributed by atoms with Crippen LogP contribution in [-0.2, 0) is 4.79 Å². The summed E-state index contributed by atoms with van der Waals surface area (Å²) in [4.78, 5) is 24.2. The van der Waals surface area contributed by atoms with E-state index in [0.717, 1.165) is 32.5 Å². The lowest BCUT2D eigenvalue weighted by atomic mass is 10.1. The van der Waals surface area contributed by atoms with Gasteiger partial charge in [-0.15, -0.1) is 0 Å². The van der Waals surface area contributed by atoms with Crippen molar-refractivity contribution in [3.63, 3.8) is 0 Å². The van der Waals surface area contributed by atoms with Crippen molar-refractivity contribution in [1.29, 1.82) is 0 Å². The Kier molecular flexibility index (Phi) is 6.58. The van der Waals surface area contributed by atoms with Crippen LogP contribution in [0.2, 0.25) is 0 Å². The molecule has 0 aromatic heterocycles. The molecule has 4 N–H and O–H groups in total. The van der Waals surface area contributed by atoms with Crippen LogP contribution in [0.25, 0.3) is 0 Å². The minimum absolute atomic E-state index is 0.00844. The van der Waals surface area contributed by atoms with Crippen LogP contribution in [0.1, 0.15) is 26.2 Å². The highest BCUT2D eigenvalue weighted by Crippen LogP contribution is 2.09. The lowest BCUT2D eigenvalue weighted by Crippen LogP contribution is -2.50. The molecule has 0 radical (unpaired) electrons. The van der Waals surface area contributed by atoms with E-state index in [1.165, 1.54) is 0 Å². The zero-order valence-corrected chi connectivity index (χ0v) is 11.3. The number of hydrogen-bond donors (Lipinski definition) is 4. The van der Waals surface area contributed by atoms with E-state index in [4.69, 9.17) is 10.2 Å². The Bertz CT molecular complexity index is 311. The Labute approximate surface area is 113 Å². The maximum absolute atomic E-state index is 11.6. The zero-order valence-electron chi connectivity index (χ0n) is 11.3. The highest BCUT2D eigenvalue weighted by molar-refractivity contribution is 5.74. The zero-order chi connectivity index (χ0) is 14.3. The molecule has 0 aromatic rings. The first-order valence-electron chi connectivity index (χ1n) is 6.70. The van der Waals surface area contributed by atoms with E-state index in [2.05, 4.69) is 22.5 Å². The van der Waals surface area contributed by atoms with Crippen LogP contribution in [0.5, 0.6) is 0 Å². The van der Waals surface area contributed by atoms with Crippen molar-refractivity contribution in [2.24, 2.45) is 0 Å². The standard InChI is InChI=1S/C12H23N3O4/c1-2-15-7-3-4-9(8-15)14-12(19)13-6-5-10(16)11(17)18/h9-10,16H,2-8H2,1H3,(H,17,18)(H2,13,14,19). The van der Waals surface area contributed by atoms with Gasteiger partial charge in [-0.1, -0.05) is 6.92 Å². The van der Waals surface area contributed by atoms with Gasteiger partial charge in [0.05, 0.1) is 0 Å². The minimum atomic E-state index is -1.43. The predicted octanol–water partition coefficient (Wildman–Crippen LogP) is -0.394. The molecule has 1 heterocycles. The molecule has 2 atom stereocenters. The van der Waals surface area contributed by atoms with Gasteiger partial charge < -0.3 is 25.7 Å². The summed E-state index contributed by atoms with van der Waals surface area (Å²) in [5.74, 6) is -1.27. The number of aliphatic carboxylic acids is 1. The average molecular weight is 273 g/mol. The Balaban J connectivity index is 2.18. The summed E-state index contributed by atoms with van der Waals surface area (Å²) in [6.45, 7) is 5.13. The number of nitrogens with zero attached hydrogens (tertiary/aromatic N) is 1. The number of urea groups is 1. The number of aliphatic hydroxyl groups excluding tert-OH is 1. The van der Waals surface area contributed by atoms with Crippen LogP contribution in [0.3, 0.4) is 0 Å². The van der Waals surface area contributed by atoms with E-state index in [1.807, 2.05) is 0 Å². The third-order valence-corrected chi connectivity index (χ3v) is 3.28. The first kappa shape index (κ1) is 15.7. The molecule has 1 rings (SSSR count). The molecular formula is C12H23N3O4. The average Bonchev–Trinajstić information content (AvgIpc) is 2.38. The fourth-order valence-corrected chi connectivity index (χ4v) is 2.14. The van der Waals surface area contributed by atoms with Crippen molar-refractivity contribution in [2.45, 2.75) is 38.3 Å².